The van der Waals surface area contributed by atoms with E-state index in [4.69, 9.17) is 16.0 Å². The third kappa shape index (κ3) is 3.48. The van der Waals surface area contributed by atoms with Crippen LogP contribution >= 0.6 is 0 Å². The molecule has 27 heavy (non-hydrogen) atoms. The minimum Gasteiger partial charge on any atom is -0.411 e. The largest absolute Gasteiger partial charge is 0.411 e. The Kier molecular flexibility index (Phi) is 4.98. The Morgan fingerprint density at radius 3 is 2.67 bits per heavy atom. The van der Waals surface area contributed by atoms with E-state index in [1.165, 1.54) is 5.56 Å². The molecule has 6 heteroatoms. The Bertz CT molecular complexity index is 962. The summed E-state index contributed by atoms with van der Waals surface area (Å²) in [5.74, 6) is 0. The van der Waals surface area contributed by atoms with Gasteiger partial charge < -0.3 is 10.9 Å². The first-order valence-corrected chi connectivity index (χ1v) is 9.32. The van der Waals surface area contributed by atoms with E-state index in [1.807, 2.05) is 16.8 Å². The van der Waals surface area contributed by atoms with Crippen LogP contribution in [0.3, 0.4) is 0 Å². The lowest BCUT2D eigenvalue weighted by atomic mass is 9.98. The van der Waals surface area contributed by atoms with Crippen LogP contribution in [-0.4, -0.2) is 32.2 Å². The molecule has 3 N–H and O–H groups in total. The first kappa shape index (κ1) is 17.4. The highest BCUT2D eigenvalue weighted by Gasteiger charge is 2.20. The molecule has 1 aliphatic rings. The molecule has 0 amide bonds. The number of hydrogen-bond donors (Lipinski definition) is 2. The van der Waals surface area contributed by atoms with Crippen molar-refractivity contribution in [3.63, 3.8) is 0 Å². The molecule has 2 aromatic heterocycles. The number of pyridine rings is 1. The van der Waals surface area contributed by atoms with Crippen LogP contribution in [-0.2, 0) is 13.0 Å². The minimum absolute atomic E-state index is 0.699. The van der Waals surface area contributed by atoms with Crippen LogP contribution in [0.15, 0.2) is 54.1 Å². The molecule has 0 fully saturated rings. The number of nitrogens with zero attached hydrogens (tertiary/aromatic N) is 4. The second-order valence-corrected chi connectivity index (χ2v) is 6.80. The van der Waals surface area contributed by atoms with Gasteiger partial charge in [-0.05, 0) is 55.5 Å². The lowest BCUT2D eigenvalue weighted by Crippen LogP contribution is -2.03. The summed E-state index contributed by atoms with van der Waals surface area (Å²) in [7, 11) is 0. The summed E-state index contributed by atoms with van der Waals surface area (Å²) in [4.78, 5) is 4.12. The van der Waals surface area contributed by atoms with Crippen LogP contribution < -0.4 is 5.73 Å². The van der Waals surface area contributed by atoms with E-state index in [-0.39, 0.29) is 0 Å². The van der Waals surface area contributed by atoms with Crippen molar-refractivity contribution in [1.82, 2.24) is 14.8 Å². The third-order valence-electron chi connectivity index (χ3n) is 5.04. The van der Waals surface area contributed by atoms with E-state index in [1.54, 1.807) is 12.4 Å². The fraction of sp³-hybridized carbons (Fsp3) is 0.286. The zero-order valence-corrected chi connectivity index (χ0v) is 15.2. The van der Waals surface area contributed by atoms with Gasteiger partial charge in [-0.15, -0.1) is 0 Å². The smallest absolute Gasteiger partial charge is 0.100 e. The molecule has 0 radical (unpaired) electrons. The molecule has 4 rings (SSSR count). The van der Waals surface area contributed by atoms with E-state index in [0.717, 1.165) is 65.9 Å². The first-order valence-electron chi connectivity index (χ1n) is 9.32. The van der Waals surface area contributed by atoms with Gasteiger partial charge in [0.15, 0.2) is 0 Å². The van der Waals surface area contributed by atoms with Crippen LogP contribution in [0.4, 0.5) is 0 Å². The van der Waals surface area contributed by atoms with Crippen LogP contribution in [0.5, 0.6) is 0 Å². The molecule has 0 aliphatic heterocycles. The quantitative estimate of drug-likeness (QED) is 0.400. The number of nitrogens with two attached hydrogens (primary N) is 1. The van der Waals surface area contributed by atoms with E-state index >= 15 is 0 Å². The molecule has 138 valence electrons. The molecule has 3 aromatic rings. The maximum absolute atomic E-state index is 9.16. The van der Waals surface area contributed by atoms with E-state index in [9.17, 15) is 0 Å². The van der Waals surface area contributed by atoms with Crippen molar-refractivity contribution < 1.29 is 5.21 Å². The van der Waals surface area contributed by atoms with E-state index in [2.05, 4.69) is 34.5 Å². The zero-order chi connectivity index (χ0) is 18.6. The molecule has 1 aromatic carbocycles. The van der Waals surface area contributed by atoms with Crippen molar-refractivity contribution in [2.45, 2.75) is 32.2 Å². The van der Waals surface area contributed by atoms with Gasteiger partial charge in [0.25, 0.3) is 0 Å². The molecule has 0 saturated carbocycles. The molecular formula is C21H23N5O. The molecular weight excluding hydrogens is 338 g/mol. The standard InChI is InChI=1S/C21H23N5O/c22-9-1-2-12-26-14-19(21(24-26)15-7-10-23-11-8-15)17-3-5-18-16(13-17)4-6-20(18)25-27/h3,5,7-8,10-11,13-14,27H,1-2,4,6,9,12,22H2. The van der Waals surface area contributed by atoms with Gasteiger partial charge in [0.2, 0.25) is 0 Å². The molecule has 0 saturated heterocycles. The van der Waals surface area contributed by atoms with Gasteiger partial charge in [-0.1, -0.05) is 23.4 Å². The summed E-state index contributed by atoms with van der Waals surface area (Å²) in [6.45, 7) is 1.55. The number of oxime groups is 1. The van der Waals surface area contributed by atoms with Crippen LogP contribution in [0.2, 0.25) is 0 Å². The topological polar surface area (TPSA) is 89.3 Å². The van der Waals surface area contributed by atoms with Gasteiger partial charge in [0, 0.05) is 41.8 Å². The molecule has 6 nitrogen and oxygen atoms in total. The summed E-state index contributed by atoms with van der Waals surface area (Å²) in [6, 6.07) is 10.3. The van der Waals surface area contributed by atoms with Crippen LogP contribution in [0.1, 0.15) is 30.4 Å². The highest BCUT2D eigenvalue weighted by atomic mass is 16.4. The molecule has 2 heterocycles. The summed E-state index contributed by atoms with van der Waals surface area (Å²) in [5, 5.41) is 17.4. The molecule has 0 unspecified atom stereocenters. The maximum atomic E-state index is 9.16. The molecule has 0 spiro atoms. The lowest BCUT2D eigenvalue weighted by Gasteiger charge is -2.05. The van der Waals surface area contributed by atoms with Gasteiger partial charge in [-0.3, -0.25) is 9.67 Å². The SMILES string of the molecule is NCCCCn1cc(-c2ccc3c(c2)CCC3=NO)c(-c2ccncc2)n1. The van der Waals surface area contributed by atoms with Crippen molar-refractivity contribution in [3.8, 4) is 22.4 Å². The Balaban J connectivity index is 1.75. The number of hydrogen-bond acceptors (Lipinski definition) is 5. The Hall–Kier alpha value is -2.99. The zero-order valence-electron chi connectivity index (χ0n) is 15.2. The predicted octanol–water partition coefficient (Wildman–Crippen LogP) is 3.48. The Labute approximate surface area is 158 Å². The van der Waals surface area contributed by atoms with Crippen molar-refractivity contribution in [1.29, 1.82) is 0 Å². The van der Waals surface area contributed by atoms with E-state index in [0.29, 0.717) is 6.54 Å². The highest BCUT2D eigenvalue weighted by Crippen LogP contribution is 2.34. The molecule has 1 aliphatic carbocycles. The van der Waals surface area contributed by atoms with Crippen LogP contribution in [0, 0.1) is 0 Å². The summed E-state index contributed by atoms with van der Waals surface area (Å²) in [5.41, 5.74) is 12.9. The highest BCUT2D eigenvalue weighted by molar-refractivity contribution is 6.04. The number of aryl methyl sites for hydroxylation is 2. The fourth-order valence-electron chi connectivity index (χ4n) is 3.63. The van der Waals surface area contributed by atoms with Crippen molar-refractivity contribution in [2.24, 2.45) is 10.9 Å². The number of benzene rings is 1. The number of unbranched alkanes of at least 4 members (excludes halogenated alkanes) is 1. The minimum atomic E-state index is 0.699. The van der Waals surface area contributed by atoms with Crippen molar-refractivity contribution >= 4 is 5.71 Å². The monoisotopic (exact) mass is 361 g/mol. The Morgan fingerprint density at radius 2 is 1.89 bits per heavy atom. The van der Waals surface area contributed by atoms with E-state index < -0.39 is 0 Å². The van der Waals surface area contributed by atoms with Gasteiger partial charge >= 0.3 is 0 Å². The fourth-order valence-corrected chi connectivity index (χ4v) is 3.63. The first-order chi connectivity index (χ1) is 13.3. The van der Waals surface area contributed by atoms with Gasteiger partial charge in [-0.25, -0.2) is 0 Å². The summed E-state index contributed by atoms with van der Waals surface area (Å²) >= 11 is 0. The van der Waals surface area contributed by atoms with Crippen molar-refractivity contribution in [2.75, 3.05) is 6.54 Å². The average molecular weight is 361 g/mol. The number of aromatic nitrogens is 3. The second-order valence-electron chi connectivity index (χ2n) is 6.80. The third-order valence-corrected chi connectivity index (χ3v) is 5.04. The number of fused-ring (bicyclic) bond motifs is 1. The molecule has 0 atom stereocenters. The van der Waals surface area contributed by atoms with Gasteiger partial charge in [0.05, 0.1) is 5.71 Å². The van der Waals surface area contributed by atoms with Gasteiger partial charge in [0.1, 0.15) is 5.69 Å². The van der Waals surface area contributed by atoms with Gasteiger partial charge in [-0.2, -0.15) is 5.10 Å². The summed E-state index contributed by atoms with van der Waals surface area (Å²) in [6.07, 6.45) is 9.38. The normalized spacial score (nSPS) is 14.6. The summed E-state index contributed by atoms with van der Waals surface area (Å²) < 4.78 is 2.01. The lowest BCUT2D eigenvalue weighted by molar-refractivity contribution is 0.318. The Morgan fingerprint density at radius 1 is 1.04 bits per heavy atom. The average Bonchev–Trinajstić information content (AvgIpc) is 3.32. The second kappa shape index (κ2) is 7.72. The van der Waals surface area contributed by atoms with Crippen molar-refractivity contribution in [3.05, 3.63) is 60.0 Å². The number of rotatable bonds is 6. The predicted molar refractivity (Wildman–Crippen MR) is 106 cm³/mol. The van der Waals surface area contributed by atoms with Crippen LogP contribution in [0.25, 0.3) is 22.4 Å². The molecule has 0 bridgehead atoms. The maximum Gasteiger partial charge on any atom is 0.100 e.